The minimum Gasteiger partial charge on any atom is -0.493 e. The monoisotopic (exact) mass is 370 g/mol. The van der Waals surface area contributed by atoms with Crippen molar-refractivity contribution in [2.24, 2.45) is 0 Å². The summed E-state index contributed by atoms with van der Waals surface area (Å²) in [5.74, 6) is 1.36. The molecule has 1 heterocycles. The molecule has 0 aliphatic carbocycles. The van der Waals surface area contributed by atoms with Crippen LogP contribution in [0.1, 0.15) is 18.9 Å². The molecule has 1 saturated heterocycles. The summed E-state index contributed by atoms with van der Waals surface area (Å²) in [6.45, 7) is 3.49. The lowest BCUT2D eigenvalue weighted by Crippen LogP contribution is -2.42. The maximum absolute atomic E-state index is 12.2. The SMILES string of the molecule is CCN(CC(=O)N[C@H]1CCS(=O)(=O)C1)Cc1ccc(OC)c(OC)c1. The van der Waals surface area contributed by atoms with Crippen LogP contribution in [0.4, 0.5) is 0 Å². The molecule has 25 heavy (non-hydrogen) atoms. The Bertz CT molecular complexity index is 705. The first-order valence-electron chi connectivity index (χ1n) is 8.30. The molecule has 1 atom stereocenters. The van der Waals surface area contributed by atoms with Gasteiger partial charge in [-0.05, 0) is 30.7 Å². The molecule has 1 fully saturated rings. The zero-order chi connectivity index (χ0) is 18.4. The summed E-state index contributed by atoms with van der Waals surface area (Å²) in [6, 6.07) is 5.40. The van der Waals surface area contributed by atoms with Gasteiger partial charge in [-0.1, -0.05) is 13.0 Å². The van der Waals surface area contributed by atoms with Gasteiger partial charge in [0.05, 0.1) is 32.3 Å². The minimum absolute atomic E-state index is 0.0422. The summed E-state index contributed by atoms with van der Waals surface area (Å²) in [6.07, 6.45) is 0.496. The van der Waals surface area contributed by atoms with E-state index >= 15 is 0 Å². The molecule has 0 saturated carbocycles. The Morgan fingerprint density at radius 2 is 2.00 bits per heavy atom. The number of sulfone groups is 1. The molecule has 1 aliphatic rings. The van der Waals surface area contributed by atoms with E-state index < -0.39 is 9.84 Å². The van der Waals surface area contributed by atoms with E-state index in [1.165, 1.54) is 0 Å². The van der Waals surface area contributed by atoms with Gasteiger partial charge in [0, 0.05) is 12.6 Å². The standard InChI is InChI=1S/C17H26N2O5S/c1-4-19(10-13-5-6-15(23-2)16(9-13)24-3)11-17(20)18-14-7-8-25(21,22)12-14/h5-6,9,14H,4,7-8,10-12H2,1-3H3,(H,18,20)/t14-/m0/s1. The largest absolute Gasteiger partial charge is 0.493 e. The average Bonchev–Trinajstić information content (AvgIpc) is 2.92. The van der Waals surface area contributed by atoms with Crippen LogP contribution in [0.5, 0.6) is 11.5 Å². The van der Waals surface area contributed by atoms with Crippen LogP contribution in [0.25, 0.3) is 0 Å². The molecule has 1 aromatic rings. The van der Waals surface area contributed by atoms with Crippen molar-refractivity contribution in [1.29, 1.82) is 0 Å². The van der Waals surface area contributed by atoms with Crippen molar-refractivity contribution in [3.8, 4) is 11.5 Å². The number of hydrogen-bond acceptors (Lipinski definition) is 6. The molecule has 0 spiro atoms. The fourth-order valence-corrected chi connectivity index (χ4v) is 4.58. The average molecular weight is 370 g/mol. The van der Waals surface area contributed by atoms with Gasteiger partial charge in [-0.2, -0.15) is 0 Å². The number of likely N-dealkylation sites (N-methyl/N-ethyl adjacent to an activating group) is 1. The zero-order valence-electron chi connectivity index (χ0n) is 14.9. The van der Waals surface area contributed by atoms with Gasteiger partial charge < -0.3 is 14.8 Å². The predicted octanol–water partition coefficient (Wildman–Crippen LogP) is 0.829. The Morgan fingerprint density at radius 3 is 2.56 bits per heavy atom. The van der Waals surface area contributed by atoms with E-state index in [9.17, 15) is 13.2 Å². The van der Waals surface area contributed by atoms with Crippen LogP contribution in [0.15, 0.2) is 18.2 Å². The van der Waals surface area contributed by atoms with Gasteiger partial charge in [0.25, 0.3) is 0 Å². The summed E-state index contributed by atoms with van der Waals surface area (Å²) in [5.41, 5.74) is 1.01. The van der Waals surface area contributed by atoms with Crippen molar-refractivity contribution >= 4 is 15.7 Å². The van der Waals surface area contributed by atoms with Crippen molar-refractivity contribution < 1.29 is 22.7 Å². The highest BCUT2D eigenvalue weighted by atomic mass is 32.2. The maximum Gasteiger partial charge on any atom is 0.234 e. The van der Waals surface area contributed by atoms with Crippen LogP contribution in [-0.2, 0) is 21.2 Å². The molecule has 1 aromatic carbocycles. The number of carbonyl (C=O) groups is 1. The molecule has 140 valence electrons. The third-order valence-electron chi connectivity index (χ3n) is 4.27. The third kappa shape index (κ3) is 5.61. The number of benzene rings is 1. The fraction of sp³-hybridized carbons (Fsp3) is 0.588. The summed E-state index contributed by atoms with van der Waals surface area (Å²) >= 11 is 0. The molecule has 0 unspecified atom stereocenters. The molecule has 0 bridgehead atoms. The number of methoxy groups -OCH3 is 2. The van der Waals surface area contributed by atoms with Crippen molar-refractivity contribution in [3.63, 3.8) is 0 Å². The van der Waals surface area contributed by atoms with E-state index in [4.69, 9.17) is 9.47 Å². The van der Waals surface area contributed by atoms with Crippen LogP contribution in [0, 0.1) is 0 Å². The van der Waals surface area contributed by atoms with Gasteiger partial charge >= 0.3 is 0 Å². The predicted molar refractivity (Wildman–Crippen MR) is 95.7 cm³/mol. The Hall–Kier alpha value is -1.80. The van der Waals surface area contributed by atoms with E-state index in [0.29, 0.717) is 31.0 Å². The van der Waals surface area contributed by atoms with E-state index in [2.05, 4.69) is 5.32 Å². The molecule has 0 aromatic heterocycles. The van der Waals surface area contributed by atoms with Crippen molar-refractivity contribution in [1.82, 2.24) is 10.2 Å². The molecule has 2 rings (SSSR count). The van der Waals surface area contributed by atoms with E-state index in [1.54, 1.807) is 14.2 Å². The third-order valence-corrected chi connectivity index (χ3v) is 6.03. The van der Waals surface area contributed by atoms with Gasteiger partial charge in [-0.15, -0.1) is 0 Å². The lowest BCUT2D eigenvalue weighted by molar-refractivity contribution is -0.122. The van der Waals surface area contributed by atoms with Gasteiger partial charge in [0.1, 0.15) is 0 Å². The topological polar surface area (TPSA) is 84.9 Å². The molecule has 0 radical (unpaired) electrons. The number of amides is 1. The molecule has 1 N–H and O–H groups in total. The highest BCUT2D eigenvalue weighted by Gasteiger charge is 2.29. The number of nitrogens with zero attached hydrogens (tertiary/aromatic N) is 1. The van der Waals surface area contributed by atoms with Crippen molar-refractivity contribution in [2.75, 3.05) is 38.8 Å². The lowest BCUT2D eigenvalue weighted by atomic mass is 10.2. The highest BCUT2D eigenvalue weighted by Crippen LogP contribution is 2.28. The summed E-state index contributed by atoms with van der Waals surface area (Å²) < 4.78 is 33.5. The normalized spacial score (nSPS) is 19.0. The zero-order valence-corrected chi connectivity index (χ0v) is 15.8. The van der Waals surface area contributed by atoms with E-state index in [-0.39, 0.29) is 30.0 Å². The Balaban J connectivity index is 1.92. The smallest absolute Gasteiger partial charge is 0.234 e. The van der Waals surface area contributed by atoms with Crippen LogP contribution >= 0.6 is 0 Å². The van der Waals surface area contributed by atoms with Crippen LogP contribution in [-0.4, -0.2) is 64.1 Å². The second kappa shape index (κ2) is 8.53. The fourth-order valence-electron chi connectivity index (χ4n) is 2.90. The van der Waals surface area contributed by atoms with E-state index in [0.717, 1.165) is 5.56 Å². The van der Waals surface area contributed by atoms with Gasteiger partial charge in [0.15, 0.2) is 21.3 Å². The summed E-state index contributed by atoms with van der Waals surface area (Å²) in [5, 5.41) is 2.82. The number of carbonyl (C=O) groups excluding carboxylic acids is 1. The molecule has 1 amide bonds. The molecular weight excluding hydrogens is 344 g/mol. The molecular formula is C17H26N2O5S. The first-order valence-corrected chi connectivity index (χ1v) is 10.1. The van der Waals surface area contributed by atoms with Crippen LogP contribution in [0.3, 0.4) is 0 Å². The summed E-state index contributed by atoms with van der Waals surface area (Å²) in [4.78, 5) is 14.2. The Kier molecular flexibility index (Phi) is 6.66. The summed E-state index contributed by atoms with van der Waals surface area (Å²) in [7, 11) is 0.180. The number of hydrogen-bond donors (Lipinski definition) is 1. The number of nitrogens with one attached hydrogen (secondary N) is 1. The minimum atomic E-state index is -2.99. The first-order chi connectivity index (χ1) is 11.9. The van der Waals surface area contributed by atoms with Crippen molar-refractivity contribution in [3.05, 3.63) is 23.8 Å². The van der Waals surface area contributed by atoms with Gasteiger partial charge in [-0.3, -0.25) is 9.69 Å². The Labute approximate surface area is 149 Å². The van der Waals surface area contributed by atoms with Gasteiger partial charge in [-0.25, -0.2) is 8.42 Å². The number of ether oxygens (including phenoxy) is 2. The first kappa shape index (κ1) is 19.5. The molecule has 8 heteroatoms. The lowest BCUT2D eigenvalue weighted by Gasteiger charge is -2.21. The Morgan fingerprint density at radius 1 is 1.28 bits per heavy atom. The van der Waals surface area contributed by atoms with Gasteiger partial charge in [0.2, 0.25) is 5.91 Å². The second-order valence-electron chi connectivity index (χ2n) is 6.16. The van der Waals surface area contributed by atoms with Crippen molar-refractivity contribution in [2.45, 2.75) is 25.9 Å². The van der Waals surface area contributed by atoms with Crippen LogP contribution < -0.4 is 14.8 Å². The van der Waals surface area contributed by atoms with E-state index in [1.807, 2.05) is 30.0 Å². The molecule has 7 nitrogen and oxygen atoms in total. The van der Waals surface area contributed by atoms with Crippen LogP contribution in [0.2, 0.25) is 0 Å². The molecule has 1 aliphatic heterocycles. The number of rotatable bonds is 8. The second-order valence-corrected chi connectivity index (χ2v) is 8.39. The maximum atomic E-state index is 12.2. The quantitative estimate of drug-likeness (QED) is 0.730. The highest BCUT2D eigenvalue weighted by molar-refractivity contribution is 7.91.